The smallest absolute Gasteiger partial charge is 0.191 e. The number of aliphatic imine (C=N–C) groups is 1. The number of hydrogen-bond acceptors (Lipinski definition) is 3. The maximum Gasteiger partial charge on any atom is 0.191 e. The minimum absolute atomic E-state index is 0.420. The number of para-hydroxylation sites is 1. The lowest BCUT2D eigenvalue weighted by atomic mass is 10.1. The predicted molar refractivity (Wildman–Crippen MR) is 104 cm³/mol. The van der Waals surface area contributed by atoms with E-state index in [4.69, 9.17) is 4.74 Å². The Kier molecular flexibility index (Phi) is 6.34. The molecule has 1 saturated heterocycles. The van der Waals surface area contributed by atoms with Crippen LogP contribution in [-0.4, -0.2) is 51.4 Å². The number of benzene rings is 1. The van der Waals surface area contributed by atoms with Gasteiger partial charge in [0.2, 0.25) is 0 Å². The Morgan fingerprint density at radius 3 is 2.88 bits per heavy atom. The molecule has 0 radical (unpaired) electrons. The van der Waals surface area contributed by atoms with E-state index in [0.29, 0.717) is 12.1 Å². The number of ether oxygens (including phenoxy) is 1. The lowest BCUT2D eigenvalue weighted by molar-refractivity contribution is 0.153. The second-order valence-electron chi connectivity index (χ2n) is 6.85. The van der Waals surface area contributed by atoms with Gasteiger partial charge in [0.15, 0.2) is 5.96 Å². The molecular formula is C20H30N4O. The van der Waals surface area contributed by atoms with Gasteiger partial charge in [0, 0.05) is 37.9 Å². The topological polar surface area (TPSA) is 48.9 Å². The van der Waals surface area contributed by atoms with Gasteiger partial charge in [-0.25, -0.2) is 0 Å². The number of rotatable bonds is 5. The van der Waals surface area contributed by atoms with Gasteiger partial charge >= 0.3 is 0 Å². The van der Waals surface area contributed by atoms with E-state index >= 15 is 0 Å². The normalized spacial score (nSPS) is 24.2. The van der Waals surface area contributed by atoms with Crippen LogP contribution in [0.15, 0.2) is 47.0 Å². The second kappa shape index (κ2) is 8.90. The Hall–Kier alpha value is -2.01. The average Bonchev–Trinajstić information content (AvgIpc) is 3.02. The molecule has 1 aromatic rings. The summed E-state index contributed by atoms with van der Waals surface area (Å²) in [7, 11) is 1.84. The largest absolute Gasteiger partial charge is 0.377 e. The van der Waals surface area contributed by atoms with Gasteiger partial charge in [-0.2, -0.15) is 0 Å². The molecular weight excluding hydrogens is 312 g/mol. The first-order chi connectivity index (χ1) is 12.3. The van der Waals surface area contributed by atoms with Crippen molar-refractivity contribution in [3.8, 4) is 0 Å². The van der Waals surface area contributed by atoms with Crippen molar-refractivity contribution in [2.24, 2.45) is 4.99 Å². The van der Waals surface area contributed by atoms with E-state index in [9.17, 15) is 0 Å². The summed E-state index contributed by atoms with van der Waals surface area (Å²) < 4.78 is 5.36. The van der Waals surface area contributed by atoms with E-state index in [-0.39, 0.29) is 0 Å². The lowest BCUT2D eigenvalue weighted by Crippen LogP contribution is -2.45. The van der Waals surface area contributed by atoms with Crippen LogP contribution in [0.1, 0.15) is 26.2 Å². The molecule has 2 heterocycles. The van der Waals surface area contributed by atoms with Crippen LogP contribution in [-0.2, 0) is 4.74 Å². The molecule has 0 saturated carbocycles. The number of guanidine groups is 1. The molecule has 1 aromatic carbocycles. The Morgan fingerprint density at radius 1 is 1.32 bits per heavy atom. The van der Waals surface area contributed by atoms with E-state index in [2.05, 4.69) is 63.9 Å². The molecule has 2 aliphatic rings. The van der Waals surface area contributed by atoms with Gasteiger partial charge in [0.05, 0.1) is 13.2 Å². The van der Waals surface area contributed by atoms with Gasteiger partial charge in [-0.3, -0.25) is 4.99 Å². The minimum Gasteiger partial charge on any atom is -0.377 e. The molecule has 2 N–H and O–H groups in total. The summed E-state index contributed by atoms with van der Waals surface area (Å²) in [6.45, 7) is 5.83. The molecule has 2 atom stereocenters. The maximum atomic E-state index is 5.36. The van der Waals surface area contributed by atoms with Crippen LogP contribution in [0.2, 0.25) is 0 Å². The van der Waals surface area contributed by atoms with Crippen LogP contribution in [0.4, 0.5) is 5.69 Å². The lowest BCUT2D eigenvalue weighted by Gasteiger charge is -2.23. The van der Waals surface area contributed by atoms with E-state index < -0.39 is 0 Å². The first-order valence-corrected chi connectivity index (χ1v) is 9.31. The number of anilines is 1. The highest BCUT2D eigenvalue weighted by Gasteiger charge is 2.29. The van der Waals surface area contributed by atoms with Gasteiger partial charge < -0.3 is 20.3 Å². The van der Waals surface area contributed by atoms with Crippen LogP contribution in [0.5, 0.6) is 0 Å². The molecule has 136 valence electrons. The Balaban J connectivity index is 1.46. The summed E-state index contributed by atoms with van der Waals surface area (Å²) >= 11 is 0. The third-order valence-corrected chi connectivity index (χ3v) is 5.02. The van der Waals surface area contributed by atoms with Gasteiger partial charge in [-0.15, -0.1) is 0 Å². The summed E-state index contributed by atoms with van der Waals surface area (Å²) in [5.41, 5.74) is 2.78. The molecule has 2 unspecified atom stereocenters. The van der Waals surface area contributed by atoms with Gasteiger partial charge in [0.25, 0.3) is 0 Å². The van der Waals surface area contributed by atoms with E-state index in [1.54, 1.807) is 0 Å². The van der Waals surface area contributed by atoms with Gasteiger partial charge in [0.1, 0.15) is 0 Å². The fourth-order valence-corrected chi connectivity index (χ4v) is 3.64. The van der Waals surface area contributed by atoms with Crippen LogP contribution in [0.3, 0.4) is 0 Å². The van der Waals surface area contributed by atoms with Crippen LogP contribution >= 0.6 is 0 Å². The molecule has 0 bridgehead atoms. The first kappa shape index (κ1) is 17.8. The minimum atomic E-state index is 0.420. The molecule has 0 aliphatic carbocycles. The number of hydrogen-bond donors (Lipinski definition) is 2. The second-order valence-corrected chi connectivity index (χ2v) is 6.85. The fraction of sp³-hybridized carbons (Fsp3) is 0.550. The van der Waals surface area contributed by atoms with Crippen molar-refractivity contribution in [3.05, 3.63) is 42.0 Å². The third-order valence-electron chi connectivity index (χ3n) is 5.02. The Bertz CT molecular complexity index is 599. The molecule has 0 aromatic heterocycles. The zero-order chi connectivity index (χ0) is 17.5. The first-order valence-electron chi connectivity index (χ1n) is 9.31. The zero-order valence-electron chi connectivity index (χ0n) is 15.4. The molecule has 25 heavy (non-hydrogen) atoms. The fourth-order valence-electron chi connectivity index (χ4n) is 3.64. The molecule has 1 fully saturated rings. The summed E-state index contributed by atoms with van der Waals surface area (Å²) in [4.78, 5) is 6.86. The maximum absolute atomic E-state index is 5.36. The Labute approximate surface area is 151 Å². The standard InChI is InChI=1S/C20H30N4O/c1-16-14-18(15-24(16)19-6-4-3-5-7-19)23-20(21-2)22-11-8-17-9-12-25-13-10-17/h3-7,9,16,18H,8,10-15H2,1-2H3,(H2,21,22,23). The van der Waals surface area contributed by atoms with Gasteiger partial charge in [-0.05, 0) is 38.3 Å². The van der Waals surface area contributed by atoms with E-state index in [1.165, 1.54) is 11.3 Å². The van der Waals surface area contributed by atoms with Crippen molar-refractivity contribution in [1.29, 1.82) is 0 Å². The molecule has 2 aliphatic heterocycles. The highest BCUT2D eigenvalue weighted by molar-refractivity contribution is 5.80. The van der Waals surface area contributed by atoms with Crippen molar-refractivity contribution in [2.75, 3.05) is 38.3 Å². The number of nitrogens with zero attached hydrogens (tertiary/aromatic N) is 2. The summed E-state index contributed by atoms with van der Waals surface area (Å²) in [5.74, 6) is 0.903. The van der Waals surface area contributed by atoms with Crippen molar-refractivity contribution in [2.45, 2.75) is 38.3 Å². The summed E-state index contributed by atoms with van der Waals surface area (Å²) in [6.07, 6.45) is 5.44. The van der Waals surface area contributed by atoms with Crippen molar-refractivity contribution >= 4 is 11.6 Å². The van der Waals surface area contributed by atoms with E-state index in [1.807, 2.05) is 7.05 Å². The molecule has 0 spiro atoms. The average molecular weight is 342 g/mol. The molecule has 5 heteroatoms. The van der Waals surface area contributed by atoms with Crippen LogP contribution in [0, 0.1) is 0 Å². The monoisotopic (exact) mass is 342 g/mol. The zero-order valence-corrected chi connectivity index (χ0v) is 15.4. The summed E-state index contributed by atoms with van der Waals surface area (Å²) in [6, 6.07) is 11.6. The highest BCUT2D eigenvalue weighted by atomic mass is 16.5. The quantitative estimate of drug-likeness (QED) is 0.490. The molecule has 0 amide bonds. The van der Waals surface area contributed by atoms with Crippen molar-refractivity contribution < 1.29 is 4.74 Å². The van der Waals surface area contributed by atoms with Crippen LogP contribution in [0.25, 0.3) is 0 Å². The SMILES string of the molecule is CN=C(NCCC1=CCOCC1)NC1CC(C)N(c2ccccc2)C1. The third kappa shape index (κ3) is 4.98. The molecule has 3 rings (SSSR count). The van der Waals surface area contributed by atoms with Crippen molar-refractivity contribution in [1.82, 2.24) is 10.6 Å². The number of nitrogens with one attached hydrogen (secondary N) is 2. The van der Waals surface area contributed by atoms with Gasteiger partial charge in [-0.1, -0.05) is 29.8 Å². The Morgan fingerprint density at radius 2 is 2.16 bits per heavy atom. The van der Waals surface area contributed by atoms with Crippen LogP contribution < -0.4 is 15.5 Å². The highest BCUT2D eigenvalue weighted by Crippen LogP contribution is 2.25. The predicted octanol–water partition coefficient (Wildman–Crippen LogP) is 2.56. The summed E-state index contributed by atoms with van der Waals surface area (Å²) in [5, 5.41) is 7.04. The van der Waals surface area contributed by atoms with E-state index in [0.717, 1.165) is 51.5 Å². The van der Waals surface area contributed by atoms with Crippen molar-refractivity contribution in [3.63, 3.8) is 0 Å². The molecule has 5 nitrogen and oxygen atoms in total.